The molecule has 1 aromatic carbocycles. The van der Waals surface area contributed by atoms with Gasteiger partial charge in [-0.2, -0.15) is 0 Å². The quantitative estimate of drug-likeness (QED) is 0.445. The molecular weight excluding hydrogens is 352 g/mol. The highest BCUT2D eigenvalue weighted by Gasteiger charge is 2.14. The number of fused-ring (bicyclic) bond motifs is 1. The van der Waals surface area contributed by atoms with Gasteiger partial charge in [-0.15, -0.1) is 0 Å². The predicted molar refractivity (Wildman–Crippen MR) is 107 cm³/mol. The lowest BCUT2D eigenvalue weighted by Crippen LogP contribution is -1.96. The number of aryl methyl sites for hydroxylation is 1. The number of oxazole rings is 1. The minimum absolute atomic E-state index is 0.423. The third kappa shape index (κ3) is 3.12. The monoisotopic (exact) mass is 368 g/mol. The number of pyridine rings is 2. The highest BCUT2D eigenvalue weighted by Crippen LogP contribution is 2.30. The largest absolute Gasteiger partial charge is 0.451 e. The lowest BCUT2D eigenvalue weighted by atomic mass is 10.2. The molecule has 0 fully saturated rings. The van der Waals surface area contributed by atoms with Crippen molar-refractivity contribution < 1.29 is 8.83 Å². The summed E-state index contributed by atoms with van der Waals surface area (Å²) < 4.78 is 11.7. The number of anilines is 2. The molecule has 0 bridgehead atoms. The number of aromatic nitrogens is 3. The number of para-hydroxylation sites is 1. The van der Waals surface area contributed by atoms with E-state index >= 15 is 0 Å². The molecular formula is C22H16N4O2. The Morgan fingerprint density at radius 1 is 0.821 bits per heavy atom. The van der Waals surface area contributed by atoms with Crippen molar-refractivity contribution in [3.05, 3.63) is 78.6 Å². The normalized spacial score (nSPS) is 11.0. The first-order valence-electron chi connectivity index (χ1n) is 8.86. The molecule has 4 aromatic heterocycles. The van der Waals surface area contributed by atoms with Gasteiger partial charge in [-0.1, -0.05) is 24.3 Å². The van der Waals surface area contributed by atoms with Gasteiger partial charge in [-0.3, -0.25) is 0 Å². The standard InChI is InChI=1S/C22H16N4O2/c1-14-9-10-23-21(11-14)26-20-8-4-6-16(25-20)19-13-24-22(28-19)18-12-15-5-2-3-7-17(15)27-18/h2-13H,1H3,(H,23,25,26). The zero-order valence-corrected chi connectivity index (χ0v) is 15.1. The molecule has 4 heterocycles. The Bertz CT molecular complexity index is 1240. The van der Waals surface area contributed by atoms with Crippen LogP contribution in [0.5, 0.6) is 0 Å². The molecule has 0 unspecified atom stereocenters. The molecule has 0 atom stereocenters. The van der Waals surface area contributed by atoms with Crippen LogP contribution in [0.1, 0.15) is 5.56 Å². The average Bonchev–Trinajstić information content (AvgIpc) is 3.35. The van der Waals surface area contributed by atoms with Gasteiger partial charge in [-0.05, 0) is 48.9 Å². The molecule has 28 heavy (non-hydrogen) atoms. The molecule has 0 radical (unpaired) electrons. The summed E-state index contributed by atoms with van der Waals surface area (Å²) in [5.41, 5.74) is 2.60. The fourth-order valence-corrected chi connectivity index (χ4v) is 2.97. The Kier molecular flexibility index (Phi) is 3.87. The number of hydrogen-bond acceptors (Lipinski definition) is 6. The van der Waals surface area contributed by atoms with E-state index in [0.29, 0.717) is 28.9 Å². The second kappa shape index (κ2) is 6.66. The number of rotatable bonds is 4. The van der Waals surface area contributed by atoms with Crippen molar-refractivity contribution in [1.29, 1.82) is 0 Å². The van der Waals surface area contributed by atoms with Gasteiger partial charge < -0.3 is 14.2 Å². The fraction of sp³-hybridized carbons (Fsp3) is 0.0455. The second-order valence-corrected chi connectivity index (χ2v) is 6.43. The van der Waals surface area contributed by atoms with Gasteiger partial charge in [-0.25, -0.2) is 15.0 Å². The Balaban J connectivity index is 1.44. The minimum atomic E-state index is 0.423. The zero-order chi connectivity index (χ0) is 18.9. The number of furan rings is 1. The third-order valence-corrected chi connectivity index (χ3v) is 4.32. The molecule has 5 aromatic rings. The number of benzene rings is 1. The summed E-state index contributed by atoms with van der Waals surface area (Å²) in [6, 6.07) is 19.3. The molecule has 0 aliphatic heterocycles. The van der Waals surface area contributed by atoms with E-state index < -0.39 is 0 Å². The second-order valence-electron chi connectivity index (χ2n) is 6.43. The summed E-state index contributed by atoms with van der Waals surface area (Å²) >= 11 is 0. The van der Waals surface area contributed by atoms with Gasteiger partial charge in [0.2, 0.25) is 0 Å². The van der Waals surface area contributed by atoms with Crippen LogP contribution in [0.2, 0.25) is 0 Å². The maximum absolute atomic E-state index is 5.90. The van der Waals surface area contributed by atoms with E-state index in [1.807, 2.05) is 67.6 Å². The van der Waals surface area contributed by atoms with E-state index in [2.05, 4.69) is 20.3 Å². The molecule has 0 aliphatic carbocycles. The van der Waals surface area contributed by atoms with Crippen molar-refractivity contribution in [3.8, 4) is 23.1 Å². The average molecular weight is 368 g/mol. The van der Waals surface area contributed by atoms with E-state index in [9.17, 15) is 0 Å². The molecule has 0 amide bonds. The molecule has 0 aliphatic rings. The van der Waals surface area contributed by atoms with Crippen LogP contribution in [0.3, 0.4) is 0 Å². The van der Waals surface area contributed by atoms with E-state index in [-0.39, 0.29) is 0 Å². The number of hydrogen-bond donors (Lipinski definition) is 1. The Morgan fingerprint density at radius 3 is 2.64 bits per heavy atom. The Labute approximate surface area is 160 Å². The summed E-state index contributed by atoms with van der Waals surface area (Å²) in [5, 5.41) is 4.21. The van der Waals surface area contributed by atoms with E-state index in [1.54, 1.807) is 12.4 Å². The summed E-state index contributed by atoms with van der Waals surface area (Å²) in [7, 11) is 0. The molecule has 5 rings (SSSR count). The van der Waals surface area contributed by atoms with Gasteiger partial charge in [0.1, 0.15) is 22.9 Å². The summed E-state index contributed by atoms with van der Waals surface area (Å²) in [6.07, 6.45) is 3.41. The van der Waals surface area contributed by atoms with Crippen LogP contribution in [0, 0.1) is 6.92 Å². The molecule has 1 N–H and O–H groups in total. The third-order valence-electron chi connectivity index (χ3n) is 4.32. The van der Waals surface area contributed by atoms with Crippen LogP contribution >= 0.6 is 0 Å². The van der Waals surface area contributed by atoms with Crippen molar-refractivity contribution in [3.63, 3.8) is 0 Å². The van der Waals surface area contributed by atoms with E-state index in [1.165, 1.54) is 0 Å². The topological polar surface area (TPSA) is 77.0 Å². The van der Waals surface area contributed by atoms with Gasteiger partial charge in [0.05, 0.1) is 6.20 Å². The van der Waals surface area contributed by atoms with E-state index in [4.69, 9.17) is 8.83 Å². The van der Waals surface area contributed by atoms with Crippen LogP contribution in [0.25, 0.3) is 34.1 Å². The molecule has 6 nitrogen and oxygen atoms in total. The first kappa shape index (κ1) is 16.3. The van der Waals surface area contributed by atoms with Crippen LogP contribution < -0.4 is 5.32 Å². The van der Waals surface area contributed by atoms with Crippen LogP contribution in [-0.4, -0.2) is 15.0 Å². The van der Waals surface area contributed by atoms with Crippen LogP contribution in [0.4, 0.5) is 11.6 Å². The minimum Gasteiger partial charge on any atom is -0.451 e. The summed E-state index contributed by atoms with van der Waals surface area (Å²) in [6.45, 7) is 2.02. The predicted octanol–water partition coefficient (Wildman–Crippen LogP) is 5.60. The Hall–Kier alpha value is -3.93. The molecule has 0 spiro atoms. The maximum Gasteiger partial charge on any atom is 0.263 e. The SMILES string of the molecule is Cc1ccnc(Nc2cccc(-c3cnc(-c4cc5ccccc5o4)o3)n2)c1. The highest BCUT2D eigenvalue weighted by molar-refractivity contribution is 5.81. The number of nitrogens with one attached hydrogen (secondary N) is 1. The number of nitrogens with zero attached hydrogens (tertiary/aromatic N) is 3. The van der Waals surface area contributed by atoms with Crippen molar-refractivity contribution in [2.45, 2.75) is 6.92 Å². The lowest BCUT2D eigenvalue weighted by molar-refractivity contribution is 0.542. The highest BCUT2D eigenvalue weighted by atomic mass is 16.4. The van der Waals surface area contributed by atoms with Crippen LogP contribution in [-0.2, 0) is 0 Å². The van der Waals surface area contributed by atoms with Crippen LogP contribution in [0.15, 0.2) is 81.9 Å². The van der Waals surface area contributed by atoms with E-state index in [0.717, 1.165) is 22.4 Å². The van der Waals surface area contributed by atoms with Gasteiger partial charge in [0.25, 0.3) is 5.89 Å². The van der Waals surface area contributed by atoms with Gasteiger partial charge >= 0.3 is 0 Å². The smallest absolute Gasteiger partial charge is 0.263 e. The van der Waals surface area contributed by atoms with Gasteiger partial charge in [0, 0.05) is 11.6 Å². The van der Waals surface area contributed by atoms with Crippen molar-refractivity contribution in [2.75, 3.05) is 5.32 Å². The first-order valence-corrected chi connectivity index (χ1v) is 8.86. The van der Waals surface area contributed by atoms with Crippen molar-refractivity contribution in [1.82, 2.24) is 15.0 Å². The fourth-order valence-electron chi connectivity index (χ4n) is 2.97. The summed E-state index contributed by atoms with van der Waals surface area (Å²) in [4.78, 5) is 13.3. The molecule has 0 saturated heterocycles. The lowest BCUT2D eigenvalue weighted by Gasteiger charge is -2.06. The Morgan fingerprint density at radius 2 is 1.75 bits per heavy atom. The van der Waals surface area contributed by atoms with Crippen molar-refractivity contribution >= 4 is 22.6 Å². The maximum atomic E-state index is 5.90. The van der Waals surface area contributed by atoms with Crippen molar-refractivity contribution in [2.24, 2.45) is 0 Å². The summed E-state index contributed by atoms with van der Waals surface area (Å²) in [5.74, 6) is 3.00. The molecule has 0 saturated carbocycles. The molecule has 136 valence electrons. The van der Waals surface area contributed by atoms with Gasteiger partial charge in [0.15, 0.2) is 11.5 Å². The zero-order valence-electron chi connectivity index (χ0n) is 15.1. The molecule has 6 heteroatoms. The first-order chi connectivity index (χ1) is 13.7.